The van der Waals surface area contributed by atoms with Gasteiger partial charge in [0.2, 0.25) is 11.7 Å². The van der Waals surface area contributed by atoms with Gasteiger partial charge in [-0.15, -0.1) is 0 Å². The van der Waals surface area contributed by atoms with Crippen LogP contribution < -0.4 is 5.32 Å². The Bertz CT molecular complexity index is 310. The lowest BCUT2D eigenvalue weighted by molar-refractivity contribution is -0.0221. The molecule has 5 heteroatoms. The summed E-state index contributed by atoms with van der Waals surface area (Å²) in [4.78, 5) is 4.31. The molecule has 1 rings (SSSR count). The van der Waals surface area contributed by atoms with E-state index in [0.717, 1.165) is 13.0 Å². The zero-order chi connectivity index (χ0) is 12.0. The van der Waals surface area contributed by atoms with Crippen molar-refractivity contribution in [3.8, 4) is 0 Å². The van der Waals surface area contributed by atoms with Crippen molar-refractivity contribution in [1.29, 1.82) is 0 Å². The Labute approximate surface area is 96.6 Å². The molecule has 0 unspecified atom stereocenters. The Balaban J connectivity index is 2.56. The van der Waals surface area contributed by atoms with Crippen molar-refractivity contribution in [2.24, 2.45) is 0 Å². The number of hydrogen-bond donors (Lipinski definition) is 1. The molecule has 0 saturated carbocycles. The first-order valence-electron chi connectivity index (χ1n) is 5.78. The van der Waals surface area contributed by atoms with Crippen molar-refractivity contribution >= 4 is 0 Å². The summed E-state index contributed by atoms with van der Waals surface area (Å²) in [7, 11) is 0. The van der Waals surface area contributed by atoms with E-state index in [1.165, 1.54) is 0 Å². The van der Waals surface area contributed by atoms with Crippen molar-refractivity contribution in [2.75, 3.05) is 13.2 Å². The van der Waals surface area contributed by atoms with Crippen molar-refractivity contribution in [2.45, 2.75) is 46.3 Å². The molecular formula is C11H21N3O2. The zero-order valence-electron chi connectivity index (χ0n) is 10.5. The second-order valence-corrected chi connectivity index (χ2v) is 4.13. The van der Waals surface area contributed by atoms with E-state index in [4.69, 9.17) is 9.26 Å². The molecule has 0 aliphatic heterocycles. The number of aromatic nitrogens is 2. The first-order chi connectivity index (χ1) is 7.60. The second-order valence-electron chi connectivity index (χ2n) is 4.13. The Morgan fingerprint density at radius 1 is 1.38 bits per heavy atom. The third kappa shape index (κ3) is 3.57. The first-order valence-corrected chi connectivity index (χ1v) is 5.78. The highest BCUT2D eigenvalue weighted by Gasteiger charge is 2.26. The summed E-state index contributed by atoms with van der Waals surface area (Å²) in [5.41, 5.74) is -0.485. The van der Waals surface area contributed by atoms with Gasteiger partial charge in [-0.2, -0.15) is 4.98 Å². The van der Waals surface area contributed by atoms with E-state index >= 15 is 0 Å². The molecule has 0 atom stereocenters. The number of nitrogens with one attached hydrogen (secondary N) is 1. The average Bonchev–Trinajstić information content (AvgIpc) is 2.67. The van der Waals surface area contributed by atoms with Crippen molar-refractivity contribution in [3.63, 3.8) is 0 Å². The molecule has 1 aromatic rings. The highest BCUT2D eigenvalue weighted by Crippen LogP contribution is 2.21. The standard InChI is InChI=1S/C11H21N3O2/c1-5-7-12-8-9-13-10(14-16-9)11(3,4)15-6-2/h12H,5-8H2,1-4H3. The predicted molar refractivity (Wildman–Crippen MR) is 60.9 cm³/mol. The minimum Gasteiger partial charge on any atom is -0.368 e. The fraction of sp³-hybridized carbons (Fsp3) is 0.818. The van der Waals surface area contributed by atoms with Crippen molar-refractivity contribution in [1.82, 2.24) is 15.5 Å². The summed E-state index contributed by atoms with van der Waals surface area (Å²) < 4.78 is 10.7. The van der Waals surface area contributed by atoms with E-state index in [0.29, 0.717) is 24.9 Å². The van der Waals surface area contributed by atoms with E-state index in [1.807, 2.05) is 20.8 Å². The van der Waals surface area contributed by atoms with Gasteiger partial charge in [-0.1, -0.05) is 12.1 Å². The molecule has 1 aromatic heterocycles. The van der Waals surface area contributed by atoms with Crippen LogP contribution in [0.2, 0.25) is 0 Å². The van der Waals surface area contributed by atoms with Crippen molar-refractivity contribution < 1.29 is 9.26 Å². The van der Waals surface area contributed by atoms with Crippen LogP contribution in [0.25, 0.3) is 0 Å². The molecule has 0 aromatic carbocycles. The predicted octanol–water partition coefficient (Wildman–Crippen LogP) is 1.84. The monoisotopic (exact) mass is 227 g/mol. The Morgan fingerprint density at radius 2 is 2.12 bits per heavy atom. The minimum absolute atomic E-state index is 0.485. The summed E-state index contributed by atoms with van der Waals surface area (Å²) in [6, 6.07) is 0. The molecule has 1 heterocycles. The van der Waals surface area contributed by atoms with Gasteiger partial charge < -0.3 is 14.6 Å². The van der Waals surface area contributed by atoms with Crippen molar-refractivity contribution in [3.05, 3.63) is 11.7 Å². The van der Waals surface area contributed by atoms with Gasteiger partial charge in [-0.05, 0) is 33.7 Å². The third-order valence-corrected chi connectivity index (χ3v) is 2.21. The fourth-order valence-corrected chi connectivity index (χ4v) is 1.37. The third-order valence-electron chi connectivity index (χ3n) is 2.21. The second kappa shape index (κ2) is 5.96. The normalized spacial score (nSPS) is 12.0. The molecule has 0 fully saturated rings. The highest BCUT2D eigenvalue weighted by molar-refractivity contribution is 4.97. The van der Waals surface area contributed by atoms with E-state index < -0.39 is 5.60 Å². The van der Waals surface area contributed by atoms with E-state index in [2.05, 4.69) is 22.4 Å². The van der Waals surface area contributed by atoms with Gasteiger partial charge in [0.1, 0.15) is 5.60 Å². The van der Waals surface area contributed by atoms with E-state index in [9.17, 15) is 0 Å². The molecule has 0 spiro atoms. The quantitative estimate of drug-likeness (QED) is 0.720. The maximum Gasteiger partial charge on any atom is 0.240 e. The molecule has 0 radical (unpaired) electrons. The smallest absolute Gasteiger partial charge is 0.240 e. The van der Waals surface area contributed by atoms with E-state index in [-0.39, 0.29) is 0 Å². The van der Waals surface area contributed by atoms with Crippen LogP contribution in [0.4, 0.5) is 0 Å². The lowest BCUT2D eigenvalue weighted by Crippen LogP contribution is -2.23. The maximum absolute atomic E-state index is 5.55. The fourth-order valence-electron chi connectivity index (χ4n) is 1.37. The van der Waals surface area contributed by atoms with Crippen LogP contribution in [-0.2, 0) is 16.9 Å². The summed E-state index contributed by atoms with van der Waals surface area (Å²) >= 11 is 0. The molecule has 0 saturated heterocycles. The molecule has 92 valence electrons. The maximum atomic E-state index is 5.55. The van der Waals surface area contributed by atoms with Crippen LogP contribution in [0.3, 0.4) is 0 Å². The Hall–Kier alpha value is -0.940. The van der Waals surface area contributed by atoms with Crippen LogP contribution >= 0.6 is 0 Å². The van der Waals surface area contributed by atoms with Gasteiger partial charge in [0.25, 0.3) is 0 Å². The summed E-state index contributed by atoms with van der Waals surface area (Å²) in [5, 5.41) is 7.15. The molecule has 5 nitrogen and oxygen atoms in total. The molecule has 0 bridgehead atoms. The molecule has 16 heavy (non-hydrogen) atoms. The van der Waals surface area contributed by atoms with Gasteiger partial charge in [0.05, 0.1) is 6.54 Å². The van der Waals surface area contributed by atoms with Gasteiger partial charge >= 0.3 is 0 Å². The lowest BCUT2D eigenvalue weighted by Gasteiger charge is -2.19. The van der Waals surface area contributed by atoms with Crippen LogP contribution in [0.1, 0.15) is 45.8 Å². The number of nitrogens with zero attached hydrogens (tertiary/aromatic N) is 2. The topological polar surface area (TPSA) is 60.2 Å². The molecule has 0 aliphatic rings. The molecule has 1 N–H and O–H groups in total. The highest BCUT2D eigenvalue weighted by atomic mass is 16.5. The Kier molecular flexibility index (Phi) is 4.89. The largest absolute Gasteiger partial charge is 0.368 e. The van der Waals surface area contributed by atoms with Crippen LogP contribution in [0, 0.1) is 0 Å². The van der Waals surface area contributed by atoms with Gasteiger partial charge in [-0.25, -0.2) is 0 Å². The van der Waals surface area contributed by atoms with Crippen LogP contribution in [0.5, 0.6) is 0 Å². The molecule has 0 amide bonds. The number of ether oxygens (including phenoxy) is 1. The zero-order valence-corrected chi connectivity index (χ0v) is 10.5. The molecule has 0 aliphatic carbocycles. The minimum atomic E-state index is -0.485. The number of hydrogen-bond acceptors (Lipinski definition) is 5. The SMILES string of the molecule is CCCNCc1nc(C(C)(C)OCC)no1. The van der Waals surface area contributed by atoms with E-state index in [1.54, 1.807) is 0 Å². The number of rotatable bonds is 7. The summed E-state index contributed by atoms with van der Waals surface area (Å²) in [5.74, 6) is 1.21. The van der Waals surface area contributed by atoms with Crippen LogP contribution in [0.15, 0.2) is 4.52 Å². The lowest BCUT2D eigenvalue weighted by atomic mass is 10.1. The van der Waals surface area contributed by atoms with Gasteiger partial charge in [0, 0.05) is 6.61 Å². The molecular weight excluding hydrogens is 206 g/mol. The summed E-state index contributed by atoms with van der Waals surface area (Å²) in [6.45, 7) is 10.1. The van der Waals surface area contributed by atoms with Gasteiger partial charge in [0.15, 0.2) is 0 Å². The average molecular weight is 227 g/mol. The van der Waals surface area contributed by atoms with Gasteiger partial charge in [-0.3, -0.25) is 0 Å². The summed E-state index contributed by atoms with van der Waals surface area (Å²) in [6.07, 6.45) is 1.09. The first kappa shape index (κ1) is 13.1. The van der Waals surface area contributed by atoms with Crippen LogP contribution in [-0.4, -0.2) is 23.3 Å². The Morgan fingerprint density at radius 3 is 2.75 bits per heavy atom.